The summed E-state index contributed by atoms with van der Waals surface area (Å²) in [6.07, 6.45) is 3.60. The van der Waals surface area contributed by atoms with Gasteiger partial charge in [-0.05, 0) is 30.5 Å². The van der Waals surface area contributed by atoms with Crippen LogP contribution < -0.4 is 10.5 Å². The van der Waals surface area contributed by atoms with E-state index in [2.05, 4.69) is 11.9 Å². The Morgan fingerprint density at radius 1 is 1.47 bits per heavy atom. The number of hydrogen-bond donors (Lipinski definition) is 1. The van der Waals surface area contributed by atoms with E-state index in [1.54, 1.807) is 23.0 Å². The molecule has 0 spiro atoms. The van der Waals surface area contributed by atoms with E-state index in [1.807, 2.05) is 18.2 Å². The molecule has 0 amide bonds. The van der Waals surface area contributed by atoms with Gasteiger partial charge in [0.2, 0.25) is 0 Å². The third-order valence-corrected chi connectivity index (χ3v) is 3.92. The van der Waals surface area contributed by atoms with E-state index in [9.17, 15) is 0 Å². The number of hydrogen-bond acceptors (Lipinski definition) is 4. The molecule has 1 heterocycles. The first kappa shape index (κ1) is 14.3. The molecule has 0 aliphatic rings. The van der Waals surface area contributed by atoms with Crippen molar-refractivity contribution >= 4 is 22.9 Å². The van der Waals surface area contributed by atoms with Gasteiger partial charge in [-0.1, -0.05) is 24.6 Å². The molecule has 5 heteroatoms. The van der Waals surface area contributed by atoms with Crippen LogP contribution in [0.4, 0.5) is 0 Å². The smallest absolute Gasteiger partial charge is 0.138 e. The fraction of sp³-hybridized carbons (Fsp3) is 0.357. The van der Waals surface area contributed by atoms with Gasteiger partial charge >= 0.3 is 0 Å². The summed E-state index contributed by atoms with van der Waals surface area (Å²) in [6, 6.07) is 6.03. The van der Waals surface area contributed by atoms with Crippen LogP contribution in [-0.4, -0.2) is 11.0 Å². The Kier molecular flexibility index (Phi) is 5.19. The maximum absolute atomic E-state index is 6.22. The molecule has 2 N–H and O–H groups in total. The third-order valence-electron chi connectivity index (χ3n) is 2.87. The van der Waals surface area contributed by atoms with Crippen LogP contribution in [0.3, 0.4) is 0 Å². The van der Waals surface area contributed by atoms with Crippen LogP contribution in [0.25, 0.3) is 0 Å². The Balaban J connectivity index is 1.98. The first-order valence-corrected chi connectivity index (χ1v) is 7.49. The topological polar surface area (TPSA) is 48.1 Å². The van der Waals surface area contributed by atoms with Gasteiger partial charge in [-0.15, -0.1) is 11.3 Å². The van der Waals surface area contributed by atoms with Crippen molar-refractivity contribution in [2.45, 2.75) is 32.4 Å². The van der Waals surface area contributed by atoms with Crippen molar-refractivity contribution in [3.05, 3.63) is 45.4 Å². The standard InChI is InChI=1S/C14H17ClN2OS/c1-2-11(16)5-10-3-4-14(13(15)6-10)18-8-12-7-17-9-19-12/h3-4,6-7,9,11H,2,5,8,16H2,1H3. The highest BCUT2D eigenvalue weighted by atomic mass is 35.5. The number of thiazole rings is 1. The summed E-state index contributed by atoms with van der Waals surface area (Å²) < 4.78 is 5.67. The zero-order valence-corrected chi connectivity index (χ0v) is 12.4. The second-order valence-electron chi connectivity index (χ2n) is 4.39. The summed E-state index contributed by atoms with van der Waals surface area (Å²) in [5, 5.41) is 0.630. The lowest BCUT2D eigenvalue weighted by atomic mass is 10.0. The Bertz CT molecular complexity index is 516. The number of nitrogens with zero attached hydrogens (tertiary/aromatic N) is 1. The van der Waals surface area contributed by atoms with Crippen LogP contribution >= 0.6 is 22.9 Å². The van der Waals surface area contributed by atoms with Crippen LogP contribution in [0.2, 0.25) is 5.02 Å². The van der Waals surface area contributed by atoms with Crippen LogP contribution in [-0.2, 0) is 13.0 Å². The molecule has 1 unspecified atom stereocenters. The monoisotopic (exact) mass is 296 g/mol. The van der Waals surface area contributed by atoms with Crippen molar-refractivity contribution < 1.29 is 4.74 Å². The van der Waals surface area contributed by atoms with Gasteiger partial charge in [-0.25, -0.2) is 0 Å². The Morgan fingerprint density at radius 2 is 2.32 bits per heavy atom. The van der Waals surface area contributed by atoms with E-state index >= 15 is 0 Å². The fourth-order valence-corrected chi connectivity index (χ4v) is 2.46. The molecule has 19 heavy (non-hydrogen) atoms. The molecule has 2 rings (SSSR count). The predicted octanol–water partition coefficient (Wildman–Crippen LogP) is 3.66. The lowest BCUT2D eigenvalue weighted by Crippen LogP contribution is -2.21. The molecule has 1 atom stereocenters. The van der Waals surface area contributed by atoms with Crippen molar-refractivity contribution in [3.8, 4) is 5.75 Å². The lowest BCUT2D eigenvalue weighted by molar-refractivity contribution is 0.309. The van der Waals surface area contributed by atoms with E-state index < -0.39 is 0 Å². The Morgan fingerprint density at radius 3 is 2.95 bits per heavy atom. The highest BCUT2D eigenvalue weighted by Gasteiger charge is 2.07. The van der Waals surface area contributed by atoms with Crippen molar-refractivity contribution in [2.75, 3.05) is 0 Å². The molecule has 2 aromatic rings. The average Bonchev–Trinajstić information content (AvgIpc) is 2.91. The average molecular weight is 297 g/mol. The number of benzene rings is 1. The van der Waals surface area contributed by atoms with Crippen LogP contribution in [0.15, 0.2) is 29.9 Å². The number of nitrogens with two attached hydrogens (primary N) is 1. The summed E-state index contributed by atoms with van der Waals surface area (Å²) in [6.45, 7) is 2.58. The highest BCUT2D eigenvalue weighted by molar-refractivity contribution is 7.09. The summed E-state index contributed by atoms with van der Waals surface area (Å²) in [7, 11) is 0. The molecule has 3 nitrogen and oxygen atoms in total. The summed E-state index contributed by atoms with van der Waals surface area (Å²) in [4.78, 5) is 5.08. The molecule has 0 saturated heterocycles. The van der Waals surface area contributed by atoms with E-state index in [0.29, 0.717) is 17.4 Å². The lowest BCUT2D eigenvalue weighted by Gasteiger charge is -2.11. The molecule has 0 saturated carbocycles. The van der Waals surface area contributed by atoms with Gasteiger partial charge in [-0.3, -0.25) is 4.98 Å². The molecule has 0 aliphatic carbocycles. The van der Waals surface area contributed by atoms with Gasteiger partial charge in [0.05, 0.1) is 15.4 Å². The molecule has 0 fully saturated rings. The van der Waals surface area contributed by atoms with Crippen molar-refractivity contribution in [1.82, 2.24) is 4.98 Å². The van der Waals surface area contributed by atoms with Crippen molar-refractivity contribution in [2.24, 2.45) is 5.73 Å². The van der Waals surface area contributed by atoms with Crippen LogP contribution in [0, 0.1) is 0 Å². The summed E-state index contributed by atoms with van der Waals surface area (Å²) in [5.41, 5.74) is 8.87. The minimum atomic E-state index is 0.181. The zero-order valence-electron chi connectivity index (χ0n) is 10.8. The minimum absolute atomic E-state index is 0.181. The maximum atomic E-state index is 6.22. The maximum Gasteiger partial charge on any atom is 0.138 e. The van der Waals surface area contributed by atoms with Gasteiger partial charge in [-0.2, -0.15) is 0 Å². The van der Waals surface area contributed by atoms with Crippen LogP contribution in [0.5, 0.6) is 5.75 Å². The van der Waals surface area contributed by atoms with E-state index in [1.165, 1.54) is 0 Å². The fourth-order valence-electron chi connectivity index (χ4n) is 1.70. The SMILES string of the molecule is CCC(N)Cc1ccc(OCc2cncs2)c(Cl)c1. The second-order valence-corrected chi connectivity index (χ2v) is 5.77. The number of aromatic nitrogens is 1. The predicted molar refractivity (Wildman–Crippen MR) is 79.9 cm³/mol. The van der Waals surface area contributed by atoms with E-state index in [0.717, 1.165) is 23.3 Å². The van der Waals surface area contributed by atoms with Gasteiger partial charge in [0.25, 0.3) is 0 Å². The Labute approximate surface area is 122 Å². The second kappa shape index (κ2) is 6.89. The van der Waals surface area contributed by atoms with E-state index in [-0.39, 0.29) is 6.04 Å². The van der Waals surface area contributed by atoms with Gasteiger partial charge in [0.1, 0.15) is 12.4 Å². The van der Waals surface area contributed by atoms with Crippen molar-refractivity contribution in [3.63, 3.8) is 0 Å². The number of ether oxygens (including phenoxy) is 1. The van der Waals surface area contributed by atoms with Gasteiger partial charge in [0, 0.05) is 12.2 Å². The first-order chi connectivity index (χ1) is 9.19. The van der Waals surface area contributed by atoms with Crippen molar-refractivity contribution in [1.29, 1.82) is 0 Å². The summed E-state index contributed by atoms with van der Waals surface area (Å²) in [5.74, 6) is 0.698. The van der Waals surface area contributed by atoms with Crippen LogP contribution in [0.1, 0.15) is 23.8 Å². The van der Waals surface area contributed by atoms with Gasteiger partial charge in [0.15, 0.2) is 0 Å². The normalized spacial score (nSPS) is 12.4. The molecule has 0 radical (unpaired) electrons. The summed E-state index contributed by atoms with van der Waals surface area (Å²) >= 11 is 7.79. The molecule has 1 aromatic heterocycles. The number of halogens is 1. The molecule has 0 bridgehead atoms. The minimum Gasteiger partial charge on any atom is -0.486 e. The quantitative estimate of drug-likeness (QED) is 0.885. The van der Waals surface area contributed by atoms with E-state index in [4.69, 9.17) is 22.1 Å². The van der Waals surface area contributed by atoms with Gasteiger partial charge < -0.3 is 10.5 Å². The molecule has 1 aromatic carbocycles. The molecule has 102 valence electrons. The largest absolute Gasteiger partial charge is 0.486 e. The first-order valence-electron chi connectivity index (χ1n) is 6.23. The number of rotatable bonds is 6. The Hall–Kier alpha value is -1.10. The zero-order chi connectivity index (χ0) is 13.7. The molecule has 0 aliphatic heterocycles. The third kappa shape index (κ3) is 4.20. The molecular weight excluding hydrogens is 280 g/mol. The molecular formula is C14H17ClN2OS. The highest BCUT2D eigenvalue weighted by Crippen LogP contribution is 2.27.